The van der Waals surface area contributed by atoms with Crippen molar-refractivity contribution in [3.8, 4) is 0 Å². The predicted octanol–water partition coefficient (Wildman–Crippen LogP) is -0.424. The second-order valence-electron chi connectivity index (χ2n) is 3.43. The summed E-state index contributed by atoms with van der Waals surface area (Å²) >= 11 is 0. The molecule has 0 radical (unpaired) electrons. The summed E-state index contributed by atoms with van der Waals surface area (Å²) in [7, 11) is 0. The lowest BCUT2D eigenvalue weighted by Crippen LogP contribution is -2.54. The van der Waals surface area contributed by atoms with Gasteiger partial charge in [0.25, 0.3) is 0 Å². The Labute approximate surface area is 85.3 Å². The third kappa shape index (κ3) is 3.50. The van der Waals surface area contributed by atoms with E-state index in [4.69, 9.17) is 5.73 Å². The van der Waals surface area contributed by atoms with Gasteiger partial charge in [-0.2, -0.15) is 0 Å². The molecule has 13 heavy (non-hydrogen) atoms. The van der Waals surface area contributed by atoms with E-state index in [1.54, 1.807) is 6.92 Å². The summed E-state index contributed by atoms with van der Waals surface area (Å²) in [6.45, 7) is 6.24. The van der Waals surface area contributed by atoms with Crippen molar-refractivity contribution in [2.45, 2.75) is 25.9 Å². The normalized spacial score (nSPS) is 24.8. The summed E-state index contributed by atoms with van der Waals surface area (Å²) in [5.41, 5.74) is 5.50. The predicted molar refractivity (Wildman–Crippen MR) is 54.9 cm³/mol. The molecular formula is C8H18ClN3O. The molecule has 1 fully saturated rings. The van der Waals surface area contributed by atoms with Crippen LogP contribution in [0.4, 0.5) is 0 Å². The standard InChI is InChI=1S/C8H17N3O.ClH/c1-6-5-11(4-3-10-6)8(12)7(2)9;/h6-7,10H,3-5,9H2,1-2H3;1H/t6?,7-;/m1./s1. The molecule has 1 unspecified atom stereocenters. The van der Waals surface area contributed by atoms with Crippen LogP contribution in [0, 0.1) is 0 Å². The van der Waals surface area contributed by atoms with Crippen molar-refractivity contribution in [2.24, 2.45) is 5.73 Å². The first kappa shape index (κ1) is 12.7. The van der Waals surface area contributed by atoms with Gasteiger partial charge in [0.2, 0.25) is 5.91 Å². The Kier molecular flexibility index (Phi) is 5.29. The van der Waals surface area contributed by atoms with E-state index >= 15 is 0 Å². The van der Waals surface area contributed by atoms with Gasteiger partial charge < -0.3 is 16.0 Å². The van der Waals surface area contributed by atoms with Gasteiger partial charge >= 0.3 is 0 Å². The number of rotatable bonds is 1. The number of nitrogens with two attached hydrogens (primary N) is 1. The van der Waals surface area contributed by atoms with Gasteiger partial charge in [-0.3, -0.25) is 4.79 Å². The molecule has 0 bridgehead atoms. The number of carbonyl (C=O) groups is 1. The third-order valence-corrected chi connectivity index (χ3v) is 2.07. The molecule has 0 aromatic carbocycles. The molecule has 4 nitrogen and oxygen atoms in total. The molecule has 1 aliphatic rings. The minimum absolute atomic E-state index is 0. The van der Waals surface area contributed by atoms with E-state index in [1.807, 2.05) is 4.90 Å². The van der Waals surface area contributed by atoms with E-state index in [-0.39, 0.29) is 24.4 Å². The van der Waals surface area contributed by atoms with Crippen LogP contribution in [0.1, 0.15) is 13.8 Å². The van der Waals surface area contributed by atoms with Gasteiger partial charge in [0.1, 0.15) is 0 Å². The van der Waals surface area contributed by atoms with Gasteiger partial charge in [-0.15, -0.1) is 12.4 Å². The molecule has 1 heterocycles. The largest absolute Gasteiger partial charge is 0.339 e. The summed E-state index contributed by atoms with van der Waals surface area (Å²) < 4.78 is 0. The van der Waals surface area contributed by atoms with E-state index < -0.39 is 0 Å². The molecule has 1 rings (SSSR count). The Morgan fingerprint density at radius 2 is 2.31 bits per heavy atom. The van der Waals surface area contributed by atoms with Crippen LogP contribution < -0.4 is 11.1 Å². The number of hydrogen-bond acceptors (Lipinski definition) is 3. The number of nitrogens with one attached hydrogen (secondary N) is 1. The van der Waals surface area contributed by atoms with Crippen LogP contribution in [-0.2, 0) is 4.79 Å². The Morgan fingerprint density at radius 1 is 1.69 bits per heavy atom. The lowest BCUT2D eigenvalue weighted by Gasteiger charge is -2.32. The molecule has 2 atom stereocenters. The van der Waals surface area contributed by atoms with Gasteiger partial charge in [0.15, 0.2) is 0 Å². The van der Waals surface area contributed by atoms with E-state index in [9.17, 15) is 4.79 Å². The number of piperazine rings is 1. The van der Waals surface area contributed by atoms with Gasteiger partial charge in [-0.1, -0.05) is 0 Å². The fourth-order valence-electron chi connectivity index (χ4n) is 1.42. The van der Waals surface area contributed by atoms with Gasteiger partial charge in [-0.25, -0.2) is 0 Å². The monoisotopic (exact) mass is 207 g/mol. The first-order chi connectivity index (χ1) is 5.61. The maximum atomic E-state index is 11.4. The highest BCUT2D eigenvalue weighted by Crippen LogP contribution is 2.00. The summed E-state index contributed by atoms with van der Waals surface area (Å²) in [5.74, 6) is 0.0587. The molecular weight excluding hydrogens is 190 g/mol. The zero-order valence-corrected chi connectivity index (χ0v) is 8.93. The average molecular weight is 208 g/mol. The topological polar surface area (TPSA) is 58.4 Å². The lowest BCUT2D eigenvalue weighted by atomic mass is 10.2. The summed E-state index contributed by atoms with van der Waals surface area (Å²) in [6.07, 6.45) is 0. The lowest BCUT2D eigenvalue weighted by molar-refractivity contribution is -0.133. The Balaban J connectivity index is 0.00000144. The van der Waals surface area contributed by atoms with Crippen LogP contribution in [0.25, 0.3) is 0 Å². The zero-order chi connectivity index (χ0) is 9.14. The maximum absolute atomic E-state index is 11.4. The second-order valence-corrected chi connectivity index (χ2v) is 3.43. The van der Waals surface area contributed by atoms with Crippen LogP contribution in [0.5, 0.6) is 0 Å². The van der Waals surface area contributed by atoms with Crippen molar-refractivity contribution in [1.29, 1.82) is 0 Å². The molecule has 1 aliphatic heterocycles. The van der Waals surface area contributed by atoms with E-state index in [0.717, 1.165) is 19.6 Å². The van der Waals surface area contributed by atoms with Crippen LogP contribution >= 0.6 is 12.4 Å². The highest BCUT2D eigenvalue weighted by molar-refractivity contribution is 5.85. The molecule has 0 aromatic heterocycles. The fourth-order valence-corrected chi connectivity index (χ4v) is 1.42. The highest BCUT2D eigenvalue weighted by Gasteiger charge is 2.22. The average Bonchev–Trinajstić information content (AvgIpc) is 2.03. The van der Waals surface area contributed by atoms with Crippen molar-refractivity contribution in [3.05, 3.63) is 0 Å². The third-order valence-electron chi connectivity index (χ3n) is 2.07. The number of halogens is 1. The highest BCUT2D eigenvalue weighted by atomic mass is 35.5. The van der Waals surface area contributed by atoms with E-state index in [1.165, 1.54) is 0 Å². The molecule has 5 heteroatoms. The molecule has 1 saturated heterocycles. The summed E-state index contributed by atoms with van der Waals surface area (Å²) in [6, 6.07) is 0.0248. The second kappa shape index (κ2) is 5.42. The fraction of sp³-hybridized carbons (Fsp3) is 0.875. The Bertz CT molecular complexity index is 175. The molecule has 3 N–H and O–H groups in total. The first-order valence-electron chi connectivity index (χ1n) is 4.39. The Hall–Kier alpha value is -0.320. The first-order valence-corrected chi connectivity index (χ1v) is 4.39. The zero-order valence-electron chi connectivity index (χ0n) is 8.12. The quantitative estimate of drug-likeness (QED) is 0.614. The van der Waals surface area contributed by atoms with Gasteiger partial charge in [0.05, 0.1) is 6.04 Å². The summed E-state index contributed by atoms with van der Waals surface area (Å²) in [4.78, 5) is 13.2. The van der Waals surface area contributed by atoms with Gasteiger partial charge in [0, 0.05) is 25.7 Å². The number of carbonyl (C=O) groups excluding carboxylic acids is 1. The molecule has 0 aliphatic carbocycles. The maximum Gasteiger partial charge on any atom is 0.239 e. The van der Waals surface area contributed by atoms with Crippen molar-refractivity contribution < 1.29 is 4.79 Å². The number of nitrogens with zero attached hydrogens (tertiary/aromatic N) is 1. The molecule has 0 saturated carbocycles. The minimum atomic E-state index is -0.365. The minimum Gasteiger partial charge on any atom is -0.339 e. The van der Waals surface area contributed by atoms with E-state index in [0.29, 0.717) is 6.04 Å². The van der Waals surface area contributed by atoms with Crippen molar-refractivity contribution in [3.63, 3.8) is 0 Å². The molecule has 1 amide bonds. The van der Waals surface area contributed by atoms with E-state index in [2.05, 4.69) is 12.2 Å². The Morgan fingerprint density at radius 3 is 2.77 bits per heavy atom. The van der Waals surface area contributed by atoms with Crippen LogP contribution in [0.3, 0.4) is 0 Å². The van der Waals surface area contributed by atoms with Gasteiger partial charge in [-0.05, 0) is 13.8 Å². The van der Waals surface area contributed by atoms with Crippen LogP contribution in [0.15, 0.2) is 0 Å². The SMILES string of the molecule is CC1CN(C(=O)[C@@H](C)N)CCN1.Cl. The van der Waals surface area contributed by atoms with Crippen LogP contribution in [0.2, 0.25) is 0 Å². The molecule has 78 valence electrons. The smallest absolute Gasteiger partial charge is 0.239 e. The molecule has 0 aromatic rings. The number of amides is 1. The molecule has 0 spiro atoms. The van der Waals surface area contributed by atoms with Crippen molar-refractivity contribution >= 4 is 18.3 Å². The summed E-state index contributed by atoms with van der Waals surface area (Å²) in [5, 5.41) is 3.27. The van der Waals surface area contributed by atoms with Crippen LogP contribution in [-0.4, -0.2) is 42.5 Å². The van der Waals surface area contributed by atoms with Crippen molar-refractivity contribution in [1.82, 2.24) is 10.2 Å². The van der Waals surface area contributed by atoms with Crippen molar-refractivity contribution in [2.75, 3.05) is 19.6 Å². The number of hydrogen-bond donors (Lipinski definition) is 2.